The van der Waals surface area contributed by atoms with Crippen molar-refractivity contribution in [3.63, 3.8) is 0 Å². The van der Waals surface area contributed by atoms with E-state index in [4.69, 9.17) is 0 Å². The Morgan fingerprint density at radius 3 is 2.77 bits per heavy atom. The molecular formula is C11H13BrO. The summed E-state index contributed by atoms with van der Waals surface area (Å²) in [5, 5.41) is 9.42. The van der Waals surface area contributed by atoms with Crippen molar-refractivity contribution in [2.75, 3.05) is 0 Å². The van der Waals surface area contributed by atoms with Gasteiger partial charge >= 0.3 is 0 Å². The van der Waals surface area contributed by atoms with Gasteiger partial charge < -0.3 is 5.11 Å². The zero-order valence-electron chi connectivity index (χ0n) is 7.41. The third kappa shape index (κ3) is 2.12. The number of hydrogen-bond acceptors (Lipinski definition) is 1. The van der Waals surface area contributed by atoms with Crippen LogP contribution >= 0.6 is 15.9 Å². The molecule has 1 fully saturated rings. The minimum absolute atomic E-state index is 0.0796. The Bertz CT molecular complexity index is 298. The standard InChI is InChI=1S/C11H13BrO/c12-10-3-1-2-8(6-10)9-4-5-11(13)7-9/h1-3,6,9,11,13H,4-5,7H2/t9-,11?/m1/s1. The highest BCUT2D eigenvalue weighted by Crippen LogP contribution is 2.35. The van der Waals surface area contributed by atoms with Crippen molar-refractivity contribution >= 4 is 15.9 Å². The second kappa shape index (κ2) is 3.81. The van der Waals surface area contributed by atoms with E-state index in [0.717, 1.165) is 23.7 Å². The molecule has 2 heteroatoms. The molecule has 0 heterocycles. The number of aliphatic hydroxyl groups excluding tert-OH is 1. The lowest BCUT2D eigenvalue weighted by molar-refractivity contribution is 0.181. The number of hydrogen-bond donors (Lipinski definition) is 1. The lowest BCUT2D eigenvalue weighted by Crippen LogP contribution is -1.99. The third-order valence-electron chi connectivity index (χ3n) is 2.73. The normalized spacial score (nSPS) is 27.8. The van der Waals surface area contributed by atoms with Crippen LogP contribution < -0.4 is 0 Å². The highest BCUT2D eigenvalue weighted by Gasteiger charge is 2.23. The summed E-state index contributed by atoms with van der Waals surface area (Å²) in [4.78, 5) is 0. The molecule has 1 aromatic rings. The predicted molar refractivity (Wildman–Crippen MR) is 56.7 cm³/mol. The first-order valence-electron chi connectivity index (χ1n) is 4.69. The Morgan fingerprint density at radius 2 is 2.15 bits per heavy atom. The molecule has 0 amide bonds. The fraction of sp³-hybridized carbons (Fsp3) is 0.455. The van der Waals surface area contributed by atoms with Crippen molar-refractivity contribution in [2.45, 2.75) is 31.3 Å². The van der Waals surface area contributed by atoms with Crippen molar-refractivity contribution in [1.82, 2.24) is 0 Å². The highest BCUT2D eigenvalue weighted by atomic mass is 79.9. The van der Waals surface area contributed by atoms with E-state index in [-0.39, 0.29) is 6.10 Å². The van der Waals surface area contributed by atoms with Gasteiger partial charge in [0.2, 0.25) is 0 Å². The van der Waals surface area contributed by atoms with Crippen LogP contribution in [0.1, 0.15) is 30.7 Å². The van der Waals surface area contributed by atoms with Crippen molar-refractivity contribution in [1.29, 1.82) is 0 Å². The van der Waals surface area contributed by atoms with Gasteiger partial charge in [0.05, 0.1) is 6.10 Å². The molecule has 1 saturated carbocycles. The molecule has 0 bridgehead atoms. The first-order valence-corrected chi connectivity index (χ1v) is 5.48. The molecule has 2 rings (SSSR count). The maximum Gasteiger partial charge on any atom is 0.0546 e. The van der Waals surface area contributed by atoms with Gasteiger partial charge in [-0.3, -0.25) is 0 Å². The number of aliphatic hydroxyl groups is 1. The second-order valence-corrected chi connectivity index (χ2v) is 4.63. The number of rotatable bonds is 1. The molecule has 0 saturated heterocycles. The molecule has 0 spiro atoms. The van der Waals surface area contributed by atoms with Crippen LogP contribution in [0, 0.1) is 0 Å². The summed E-state index contributed by atoms with van der Waals surface area (Å²) in [6.07, 6.45) is 2.93. The Morgan fingerprint density at radius 1 is 1.31 bits per heavy atom. The minimum Gasteiger partial charge on any atom is -0.393 e. The average molecular weight is 241 g/mol. The molecule has 1 N–H and O–H groups in total. The molecular weight excluding hydrogens is 228 g/mol. The van der Waals surface area contributed by atoms with Gasteiger partial charge in [0.25, 0.3) is 0 Å². The van der Waals surface area contributed by atoms with Gasteiger partial charge in [-0.15, -0.1) is 0 Å². The van der Waals surface area contributed by atoms with E-state index in [1.807, 2.05) is 6.07 Å². The zero-order chi connectivity index (χ0) is 9.26. The van der Waals surface area contributed by atoms with Gasteiger partial charge in [-0.1, -0.05) is 28.1 Å². The van der Waals surface area contributed by atoms with E-state index in [1.54, 1.807) is 0 Å². The van der Waals surface area contributed by atoms with E-state index in [2.05, 4.69) is 34.1 Å². The molecule has 1 unspecified atom stereocenters. The molecule has 0 radical (unpaired) electrons. The monoisotopic (exact) mass is 240 g/mol. The van der Waals surface area contributed by atoms with Crippen LogP contribution in [0.25, 0.3) is 0 Å². The van der Waals surface area contributed by atoms with Crippen LogP contribution in [0.15, 0.2) is 28.7 Å². The minimum atomic E-state index is -0.0796. The van der Waals surface area contributed by atoms with Crippen molar-refractivity contribution in [3.05, 3.63) is 34.3 Å². The summed E-state index contributed by atoms with van der Waals surface area (Å²) >= 11 is 3.46. The molecule has 1 aliphatic rings. The molecule has 70 valence electrons. The largest absolute Gasteiger partial charge is 0.393 e. The predicted octanol–water partition coefficient (Wildman–Crippen LogP) is 3.08. The average Bonchev–Trinajstić information content (AvgIpc) is 2.52. The number of benzene rings is 1. The van der Waals surface area contributed by atoms with E-state index >= 15 is 0 Å². The van der Waals surface area contributed by atoms with Gasteiger partial charge in [-0.25, -0.2) is 0 Å². The Kier molecular flexibility index (Phi) is 2.70. The quantitative estimate of drug-likeness (QED) is 0.801. The molecule has 0 aliphatic heterocycles. The van der Waals surface area contributed by atoms with Crippen molar-refractivity contribution in [2.24, 2.45) is 0 Å². The molecule has 1 aliphatic carbocycles. The molecule has 2 atom stereocenters. The van der Waals surface area contributed by atoms with E-state index < -0.39 is 0 Å². The zero-order valence-corrected chi connectivity index (χ0v) is 9.00. The van der Waals surface area contributed by atoms with Crippen LogP contribution in [0.5, 0.6) is 0 Å². The van der Waals surface area contributed by atoms with Gasteiger partial charge in [0, 0.05) is 4.47 Å². The summed E-state index contributed by atoms with van der Waals surface area (Å²) in [5.41, 5.74) is 1.35. The fourth-order valence-electron chi connectivity index (χ4n) is 2.02. The van der Waals surface area contributed by atoms with Crippen LogP contribution in [-0.4, -0.2) is 11.2 Å². The first-order chi connectivity index (χ1) is 6.25. The maximum atomic E-state index is 9.42. The van der Waals surface area contributed by atoms with Crippen LogP contribution in [0.4, 0.5) is 0 Å². The van der Waals surface area contributed by atoms with Gasteiger partial charge in [-0.05, 0) is 42.9 Å². The lowest BCUT2D eigenvalue weighted by Gasteiger charge is -2.09. The van der Waals surface area contributed by atoms with Crippen LogP contribution in [0.3, 0.4) is 0 Å². The summed E-state index contributed by atoms with van der Waals surface area (Å²) in [5.74, 6) is 0.562. The van der Waals surface area contributed by atoms with Crippen molar-refractivity contribution < 1.29 is 5.11 Å². The maximum absolute atomic E-state index is 9.42. The summed E-state index contributed by atoms with van der Waals surface area (Å²) in [6.45, 7) is 0. The fourth-order valence-corrected chi connectivity index (χ4v) is 2.44. The summed E-state index contributed by atoms with van der Waals surface area (Å²) in [6, 6.07) is 8.40. The molecule has 1 nitrogen and oxygen atoms in total. The van der Waals surface area contributed by atoms with Crippen LogP contribution in [-0.2, 0) is 0 Å². The van der Waals surface area contributed by atoms with E-state index in [0.29, 0.717) is 5.92 Å². The van der Waals surface area contributed by atoms with Gasteiger partial charge in [0.15, 0.2) is 0 Å². The highest BCUT2D eigenvalue weighted by molar-refractivity contribution is 9.10. The van der Waals surface area contributed by atoms with Gasteiger partial charge in [-0.2, -0.15) is 0 Å². The molecule has 0 aromatic heterocycles. The Balaban J connectivity index is 2.16. The van der Waals surface area contributed by atoms with E-state index in [1.165, 1.54) is 5.56 Å². The second-order valence-electron chi connectivity index (χ2n) is 3.72. The third-order valence-corrected chi connectivity index (χ3v) is 3.22. The Hall–Kier alpha value is -0.340. The van der Waals surface area contributed by atoms with Gasteiger partial charge in [0.1, 0.15) is 0 Å². The van der Waals surface area contributed by atoms with Crippen LogP contribution in [0.2, 0.25) is 0 Å². The lowest BCUT2D eigenvalue weighted by atomic mass is 9.98. The van der Waals surface area contributed by atoms with E-state index in [9.17, 15) is 5.11 Å². The molecule has 1 aromatic carbocycles. The summed E-state index contributed by atoms with van der Waals surface area (Å²) in [7, 11) is 0. The first kappa shape index (κ1) is 9.22. The summed E-state index contributed by atoms with van der Waals surface area (Å²) < 4.78 is 1.13. The Labute approximate surface area is 86.9 Å². The molecule has 13 heavy (non-hydrogen) atoms. The van der Waals surface area contributed by atoms with Crippen molar-refractivity contribution in [3.8, 4) is 0 Å². The number of halogens is 1. The smallest absolute Gasteiger partial charge is 0.0546 e. The topological polar surface area (TPSA) is 20.2 Å². The SMILES string of the molecule is OC1CC[C@@H](c2cccc(Br)c2)C1.